The molecule has 1 aliphatic heterocycles. The minimum Gasteiger partial charge on any atom is -0.493 e. The second-order valence-electron chi connectivity index (χ2n) is 6.81. The number of hydrogen-bond acceptors (Lipinski definition) is 7. The van der Waals surface area contributed by atoms with E-state index in [1.165, 1.54) is 11.3 Å². The number of aryl methyl sites for hydroxylation is 1. The largest absolute Gasteiger partial charge is 0.493 e. The highest BCUT2D eigenvalue weighted by molar-refractivity contribution is 7.17. The number of benzene rings is 2. The van der Waals surface area contributed by atoms with E-state index >= 15 is 0 Å². The average Bonchev–Trinajstić information content (AvgIpc) is 3.38. The van der Waals surface area contributed by atoms with E-state index in [0.29, 0.717) is 27.8 Å². The van der Waals surface area contributed by atoms with Gasteiger partial charge >= 0.3 is 0 Å². The van der Waals surface area contributed by atoms with Crippen LogP contribution in [-0.2, 0) is 0 Å². The van der Waals surface area contributed by atoms with E-state index in [1.54, 1.807) is 14.2 Å². The fourth-order valence-electron chi connectivity index (χ4n) is 3.23. The van der Waals surface area contributed by atoms with Gasteiger partial charge in [-0.1, -0.05) is 6.07 Å². The number of amides is 1. The summed E-state index contributed by atoms with van der Waals surface area (Å²) >= 11 is 1.35. The van der Waals surface area contributed by atoms with E-state index in [0.717, 1.165) is 21.9 Å². The maximum absolute atomic E-state index is 12.9. The second-order valence-corrected chi connectivity index (χ2v) is 7.81. The van der Waals surface area contributed by atoms with Crippen LogP contribution in [0.5, 0.6) is 23.0 Å². The monoisotopic (exact) mass is 426 g/mol. The Hall–Kier alpha value is -3.26. The quantitative estimate of drug-likeness (QED) is 0.631. The molecule has 1 atom stereocenters. The van der Waals surface area contributed by atoms with Crippen molar-refractivity contribution in [1.29, 1.82) is 0 Å². The Labute approximate surface area is 178 Å². The van der Waals surface area contributed by atoms with Crippen molar-refractivity contribution < 1.29 is 23.7 Å². The van der Waals surface area contributed by atoms with Crippen molar-refractivity contribution in [3.8, 4) is 33.6 Å². The second kappa shape index (κ2) is 8.23. The van der Waals surface area contributed by atoms with Crippen LogP contribution in [0.3, 0.4) is 0 Å². The number of fused-ring (bicyclic) bond motifs is 1. The van der Waals surface area contributed by atoms with Gasteiger partial charge in [-0.2, -0.15) is 0 Å². The van der Waals surface area contributed by atoms with Crippen LogP contribution in [0, 0.1) is 6.92 Å². The molecule has 0 aliphatic carbocycles. The number of aromatic nitrogens is 1. The fraction of sp³-hybridized carbons (Fsp3) is 0.273. The molecule has 1 unspecified atom stereocenters. The number of ether oxygens (including phenoxy) is 4. The molecular weight excluding hydrogens is 404 g/mol. The number of nitrogens with one attached hydrogen (secondary N) is 1. The molecule has 1 N–H and O–H groups in total. The summed E-state index contributed by atoms with van der Waals surface area (Å²) in [6.07, 6.45) is 0. The van der Waals surface area contributed by atoms with E-state index < -0.39 is 0 Å². The molecule has 3 aromatic rings. The molecule has 2 aromatic carbocycles. The van der Waals surface area contributed by atoms with E-state index in [4.69, 9.17) is 18.9 Å². The molecule has 4 rings (SSSR count). The van der Waals surface area contributed by atoms with E-state index in [1.807, 2.05) is 50.2 Å². The van der Waals surface area contributed by atoms with Gasteiger partial charge in [0.05, 0.1) is 26.0 Å². The Morgan fingerprint density at radius 1 is 1.10 bits per heavy atom. The molecular formula is C22H22N2O5S. The summed E-state index contributed by atoms with van der Waals surface area (Å²) < 4.78 is 21.4. The number of carbonyl (C=O) groups excluding carboxylic acids is 1. The Kier molecular flexibility index (Phi) is 5.50. The Bertz CT molecular complexity index is 1100. The van der Waals surface area contributed by atoms with Gasteiger partial charge in [-0.3, -0.25) is 4.79 Å². The third-order valence-electron chi connectivity index (χ3n) is 4.88. The summed E-state index contributed by atoms with van der Waals surface area (Å²) in [5.41, 5.74) is 2.48. The third kappa shape index (κ3) is 3.78. The van der Waals surface area contributed by atoms with Crippen molar-refractivity contribution in [1.82, 2.24) is 10.3 Å². The molecule has 0 radical (unpaired) electrons. The molecule has 7 nitrogen and oxygen atoms in total. The van der Waals surface area contributed by atoms with Crippen molar-refractivity contribution in [2.45, 2.75) is 19.9 Å². The third-order valence-corrected chi connectivity index (χ3v) is 6.08. The van der Waals surface area contributed by atoms with Gasteiger partial charge in [0.25, 0.3) is 5.91 Å². The molecule has 0 fully saturated rings. The first-order valence-corrected chi connectivity index (χ1v) is 10.2. The number of nitrogens with zero attached hydrogens (tertiary/aromatic N) is 1. The minimum atomic E-state index is -0.196. The van der Waals surface area contributed by atoms with E-state index in [-0.39, 0.29) is 18.7 Å². The normalized spacial score (nSPS) is 13.1. The fourth-order valence-corrected chi connectivity index (χ4v) is 4.19. The Morgan fingerprint density at radius 2 is 1.87 bits per heavy atom. The molecule has 1 aromatic heterocycles. The van der Waals surface area contributed by atoms with Crippen LogP contribution in [-0.4, -0.2) is 31.9 Å². The van der Waals surface area contributed by atoms with Crippen molar-refractivity contribution >= 4 is 17.2 Å². The molecule has 0 saturated carbocycles. The SMILES string of the molecule is COc1ccc(-c2nc(C)c(C(=O)NC(C)c3ccc4c(c3)OCO4)s2)cc1OC. The lowest BCUT2D eigenvalue weighted by atomic mass is 10.1. The Balaban J connectivity index is 1.53. The zero-order valence-electron chi connectivity index (χ0n) is 17.1. The van der Waals surface area contributed by atoms with Gasteiger partial charge in [-0.15, -0.1) is 11.3 Å². The minimum absolute atomic E-state index is 0.165. The molecule has 1 aliphatic rings. The average molecular weight is 426 g/mol. The first-order chi connectivity index (χ1) is 14.5. The highest BCUT2D eigenvalue weighted by Gasteiger charge is 2.21. The first-order valence-electron chi connectivity index (χ1n) is 9.40. The van der Waals surface area contributed by atoms with Crippen LogP contribution < -0.4 is 24.3 Å². The molecule has 0 saturated heterocycles. The predicted molar refractivity (Wildman–Crippen MR) is 114 cm³/mol. The summed E-state index contributed by atoms with van der Waals surface area (Å²) in [6.45, 7) is 3.99. The van der Waals surface area contributed by atoms with Crippen molar-refractivity contribution in [2.24, 2.45) is 0 Å². The lowest BCUT2D eigenvalue weighted by Crippen LogP contribution is -2.26. The van der Waals surface area contributed by atoms with Crippen LogP contribution in [0.2, 0.25) is 0 Å². The first kappa shape index (κ1) is 20.0. The summed E-state index contributed by atoms with van der Waals surface area (Å²) in [5.74, 6) is 2.51. The number of methoxy groups -OCH3 is 2. The molecule has 2 heterocycles. The zero-order chi connectivity index (χ0) is 21.3. The highest BCUT2D eigenvalue weighted by atomic mass is 32.1. The molecule has 8 heteroatoms. The molecule has 0 bridgehead atoms. The highest BCUT2D eigenvalue weighted by Crippen LogP contribution is 2.36. The summed E-state index contributed by atoms with van der Waals surface area (Å²) in [7, 11) is 3.18. The zero-order valence-corrected chi connectivity index (χ0v) is 18.0. The van der Waals surface area contributed by atoms with Crippen LogP contribution in [0.15, 0.2) is 36.4 Å². The van der Waals surface area contributed by atoms with E-state index in [2.05, 4.69) is 10.3 Å². The van der Waals surface area contributed by atoms with Crippen LogP contribution >= 0.6 is 11.3 Å². The van der Waals surface area contributed by atoms with Crippen LogP contribution in [0.1, 0.15) is 33.9 Å². The number of thiazole rings is 1. The maximum atomic E-state index is 12.9. The van der Waals surface area contributed by atoms with Gasteiger partial charge in [0.2, 0.25) is 6.79 Å². The maximum Gasteiger partial charge on any atom is 0.263 e. The van der Waals surface area contributed by atoms with Gasteiger partial charge < -0.3 is 24.3 Å². The van der Waals surface area contributed by atoms with Crippen LogP contribution in [0.25, 0.3) is 10.6 Å². The smallest absolute Gasteiger partial charge is 0.263 e. The lowest BCUT2D eigenvalue weighted by molar-refractivity contribution is 0.0943. The summed E-state index contributed by atoms with van der Waals surface area (Å²) in [5, 5.41) is 3.79. The summed E-state index contributed by atoms with van der Waals surface area (Å²) in [6, 6.07) is 11.1. The number of carbonyl (C=O) groups is 1. The predicted octanol–water partition coefficient (Wildman–Crippen LogP) is 4.36. The number of hydrogen-bond donors (Lipinski definition) is 1. The topological polar surface area (TPSA) is 78.9 Å². The molecule has 30 heavy (non-hydrogen) atoms. The molecule has 1 amide bonds. The van der Waals surface area contributed by atoms with Gasteiger partial charge in [0.15, 0.2) is 23.0 Å². The molecule has 156 valence electrons. The van der Waals surface area contributed by atoms with Crippen LogP contribution in [0.4, 0.5) is 0 Å². The van der Waals surface area contributed by atoms with Gasteiger partial charge in [0.1, 0.15) is 9.88 Å². The van der Waals surface area contributed by atoms with E-state index in [9.17, 15) is 4.79 Å². The summed E-state index contributed by atoms with van der Waals surface area (Å²) in [4.78, 5) is 18.1. The molecule has 0 spiro atoms. The lowest BCUT2D eigenvalue weighted by Gasteiger charge is -2.14. The van der Waals surface area contributed by atoms with Gasteiger partial charge in [-0.25, -0.2) is 4.98 Å². The standard InChI is InChI=1S/C22H22N2O5S/c1-12(14-5-8-17-19(9-14)29-11-28-17)23-21(25)20-13(2)24-22(30-20)15-6-7-16(26-3)18(10-15)27-4/h5-10,12H,11H2,1-4H3,(H,23,25). The number of rotatable bonds is 6. The van der Waals surface area contributed by atoms with Gasteiger partial charge in [0, 0.05) is 5.56 Å². The van der Waals surface area contributed by atoms with Crippen molar-refractivity contribution in [3.05, 3.63) is 52.5 Å². The van der Waals surface area contributed by atoms with Crippen molar-refractivity contribution in [2.75, 3.05) is 21.0 Å². The van der Waals surface area contributed by atoms with Gasteiger partial charge in [-0.05, 0) is 49.7 Å². The van der Waals surface area contributed by atoms with Crippen molar-refractivity contribution in [3.63, 3.8) is 0 Å². The Morgan fingerprint density at radius 3 is 2.63 bits per heavy atom.